The van der Waals surface area contributed by atoms with E-state index in [4.69, 9.17) is 0 Å². The molecular formula is C8H12N2S. The van der Waals surface area contributed by atoms with E-state index in [1.165, 1.54) is 11.5 Å². The fraction of sp³-hybridized carbons (Fsp3) is 0.500. The number of hydrogen-bond acceptors (Lipinski definition) is 3. The zero-order valence-corrected chi connectivity index (χ0v) is 7.90. The monoisotopic (exact) mass is 168 g/mol. The first-order valence-electron chi connectivity index (χ1n) is 3.60. The normalized spacial score (nSPS) is 10.5. The summed E-state index contributed by atoms with van der Waals surface area (Å²) in [7, 11) is 0. The van der Waals surface area contributed by atoms with Crippen LogP contribution in [0.5, 0.6) is 0 Å². The van der Waals surface area contributed by atoms with Crippen LogP contribution in [0.4, 0.5) is 0 Å². The molecule has 1 aromatic rings. The Morgan fingerprint density at radius 3 is 2.45 bits per heavy atom. The summed E-state index contributed by atoms with van der Waals surface area (Å²) in [5, 5.41) is 1.09. The number of rotatable bonds is 2. The van der Waals surface area contributed by atoms with E-state index < -0.39 is 0 Å². The molecule has 0 atom stereocenters. The van der Waals surface area contributed by atoms with Crippen LogP contribution in [0.25, 0.3) is 5.57 Å². The molecule has 1 aromatic heterocycles. The third kappa shape index (κ3) is 1.87. The predicted molar refractivity (Wildman–Crippen MR) is 48.7 cm³/mol. The van der Waals surface area contributed by atoms with Gasteiger partial charge in [0.1, 0.15) is 5.01 Å². The lowest BCUT2D eigenvalue weighted by Gasteiger charge is -1.94. The van der Waals surface area contributed by atoms with Crippen molar-refractivity contribution in [2.45, 2.75) is 26.7 Å². The highest BCUT2D eigenvalue weighted by atomic mass is 32.1. The molecule has 0 saturated carbocycles. The van der Waals surface area contributed by atoms with Crippen molar-refractivity contribution >= 4 is 17.1 Å². The van der Waals surface area contributed by atoms with Crippen molar-refractivity contribution in [3.05, 3.63) is 17.4 Å². The van der Waals surface area contributed by atoms with Crippen LogP contribution in [-0.2, 0) is 0 Å². The first-order valence-corrected chi connectivity index (χ1v) is 4.38. The average molecular weight is 168 g/mol. The van der Waals surface area contributed by atoms with Gasteiger partial charge in [0, 0.05) is 5.92 Å². The number of nitrogens with zero attached hydrogens (tertiary/aromatic N) is 2. The Kier molecular flexibility index (Phi) is 2.39. The Labute approximate surface area is 71.2 Å². The molecule has 0 bridgehead atoms. The zero-order valence-electron chi connectivity index (χ0n) is 7.09. The molecule has 11 heavy (non-hydrogen) atoms. The smallest absolute Gasteiger partial charge is 0.168 e. The van der Waals surface area contributed by atoms with Gasteiger partial charge in [-0.05, 0) is 24.0 Å². The summed E-state index contributed by atoms with van der Waals surface area (Å²) in [5.74, 6) is 1.26. The van der Waals surface area contributed by atoms with E-state index in [0.29, 0.717) is 5.92 Å². The molecule has 3 heteroatoms. The van der Waals surface area contributed by atoms with E-state index in [-0.39, 0.29) is 0 Å². The van der Waals surface area contributed by atoms with Crippen molar-refractivity contribution in [2.24, 2.45) is 0 Å². The van der Waals surface area contributed by atoms with E-state index in [1.54, 1.807) is 0 Å². The van der Waals surface area contributed by atoms with Crippen molar-refractivity contribution in [3.8, 4) is 0 Å². The lowest BCUT2D eigenvalue weighted by atomic mass is 10.2. The third-order valence-electron chi connectivity index (χ3n) is 1.32. The first kappa shape index (κ1) is 8.40. The van der Waals surface area contributed by atoms with Crippen molar-refractivity contribution in [2.75, 3.05) is 0 Å². The quantitative estimate of drug-likeness (QED) is 0.678. The molecule has 0 amide bonds. The van der Waals surface area contributed by atoms with Gasteiger partial charge in [0.2, 0.25) is 0 Å². The average Bonchev–Trinajstić information content (AvgIpc) is 2.33. The molecule has 1 heterocycles. The van der Waals surface area contributed by atoms with Gasteiger partial charge in [-0.15, -0.1) is 0 Å². The molecule has 60 valence electrons. The molecule has 0 saturated heterocycles. The van der Waals surface area contributed by atoms with Gasteiger partial charge >= 0.3 is 0 Å². The van der Waals surface area contributed by atoms with Gasteiger partial charge < -0.3 is 0 Å². The predicted octanol–water partition coefficient (Wildman–Crippen LogP) is 2.69. The van der Waals surface area contributed by atoms with E-state index in [1.807, 2.05) is 6.92 Å². The Bertz CT molecular complexity index is 263. The van der Waals surface area contributed by atoms with Crippen LogP contribution in [-0.4, -0.2) is 9.36 Å². The maximum atomic E-state index is 4.32. The zero-order chi connectivity index (χ0) is 8.43. The fourth-order valence-corrected chi connectivity index (χ4v) is 1.36. The topological polar surface area (TPSA) is 25.8 Å². The summed E-state index contributed by atoms with van der Waals surface area (Å²) in [6.45, 7) is 9.93. The van der Waals surface area contributed by atoms with Crippen LogP contribution in [0.2, 0.25) is 0 Å². The van der Waals surface area contributed by atoms with Gasteiger partial charge in [-0.25, -0.2) is 4.98 Å². The van der Waals surface area contributed by atoms with Crippen molar-refractivity contribution in [1.82, 2.24) is 9.36 Å². The lowest BCUT2D eigenvalue weighted by Crippen LogP contribution is -1.86. The standard InChI is InChI=1S/C8H12N2S/c1-5(2)7-9-8(6(3)4)11-10-7/h6H,1H2,2-4H3. The Hall–Kier alpha value is -0.700. The first-order chi connectivity index (χ1) is 5.11. The highest BCUT2D eigenvalue weighted by Crippen LogP contribution is 2.18. The Morgan fingerprint density at radius 2 is 2.18 bits per heavy atom. The summed E-state index contributed by atoms with van der Waals surface area (Å²) in [5.41, 5.74) is 0.938. The number of allylic oxidation sites excluding steroid dienone is 1. The Morgan fingerprint density at radius 1 is 1.55 bits per heavy atom. The van der Waals surface area contributed by atoms with Crippen molar-refractivity contribution in [3.63, 3.8) is 0 Å². The molecule has 0 aliphatic rings. The maximum Gasteiger partial charge on any atom is 0.168 e. The minimum absolute atomic E-state index is 0.473. The molecular weight excluding hydrogens is 156 g/mol. The molecule has 0 N–H and O–H groups in total. The molecule has 0 aliphatic heterocycles. The van der Waals surface area contributed by atoms with Crippen molar-refractivity contribution < 1.29 is 0 Å². The van der Waals surface area contributed by atoms with Gasteiger partial charge in [0.25, 0.3) is 0 Å². The number of hydrogen-bond donors (Lipinski definition) is 0. The summed E-state index contributed by atoms with van der Waals surface area (Å²) >= 11 is 1.46. The molecule has 0 unspecified atom stereocenters. The van der Waals surface area contributed by atoms with Gasteiger partial charge in [-0.1, -0.05) is 20.4 Å². The van der Waals surface area contributed by atoms with E-state index in [2.05, 4.69) is 29.8 Å². The summed E-state index contributed by atoms with van der Waals surface area (Å²) in [6.07, 6.45) is 0. The third-order valence-corrected chi connectivity index (χ3v) is 2.33. The summed E-state index contributed by atoms with van der Waals surface area (Å²) in [4.78, 5) is 4.32. The van der Waals surface area contributed by atoms with E-state index >= 15 is 0 Å². The second-order valence-corrected chi connectivity index (χ2v) is 3.67. The van der Waals surface area contributed by atoms with Crippen molar-refractivity contribution in [1.29, 1.82) is 0 Å². The van der Waals surface area contributed by atoms with Crippen LogP contribution in [0.15, 0.2) is 6.58 Å². The Balaban J connectivity index is 2.90. The molecule has 0 fully saturated rings. The summed E-state index contributed by atoms with van der Waals surface area (Å²) < 4.78 is 4.17. The van der Waals surface area contributed by atoms with Crippen LogP contribution < -0.4 is 0 Å². The highest BCUT2D eigenvalue weighted by Gasteiger charge is 2.06. The second-order valence-electron chi connectivity index (χ2n) is 2.89. The summed E-state index contributed by atoms with van der Waals surface area (Å²) in [6, 6.07) is 0. The molecule has 2 nitrogen and oxygen atoms in total. The van der Waals surface area contributed by atoms with Gasteiger partial charge in [-0.3, -0.25) is 0 Å². The lowest BCUT2D eigenvalue weighted by molar-refractivity contribution is 0.849. The highest BCUT2D eigenvalue weighted by molar-refractivity contribution is 7.05. The molecule has 0 spiro atoms. The van der Waals surface area contributed by atoms with Gasteiger partial charge in [-0.2, -0.15) is 4.37 Å². The largest absolute Gasteiger partial charge is 0.220 e. The maximum absolute atomic E-state index is 4.32. The fourth-order valence-electron chi connectivity index (χ4n) is 0.643. The van der Waals surface area contributed by atoms with Crippen LogP contribution in [0.3, 0.4) is 0 Å². The van der Waals surface area contributed by atoms with Crippen LogP contribution in [0.1, 0.15) is 37.5 Å². The van der Waals surface area contributed by atoms with Crippen LogP contribution >= 0.6 is 11.5 Å². The van der Waals surface area contributed by atoms with E-state index in [0.717, 1.165) is 16.4 Å². The van der Waals surface area contributed by atoms with Gasteiger partial charge in [0.05, 0.1) is 0 Å². The minimum atomic E-state index is 0.473. The molecule has 1 rings (SSSR count). The SMILES string of the molecule is C=C(C)c1nsc(C(C)C)n1. The minimum Gasteiger partial charge on any atom is -0.220 e. The van der Waals surface area contributed by atoms with Gasteiger partial charge in [0.15, 0.2) is 5.82 Å². The molecule has 0 aliphatic carbocycles. The van der Waals surface area contributed by atoms with E-state index in [9.17, 15) is 0 Å². The second kappa shape index (κ2) is 3.13. The molecule has 0 aromatic carbocycles. The van der Waals surface area contributed by atoms with Crippen LogP contribution in [0, 0.1) is 0 Å². The molecule has 0 radical (unpaired) electrons. The number of aromatic nitrogens is 2.